The van der Waals surface area contributed by atoms with Crippen LogP contribution in [-0.2, 0) is 0 Å². The van der Waals surface area contributed by atoms with Crippen LogP contribution >= 0.6 is 23.1 Å². The van der Waals surface area contributed by atoms with Crippen LogP contribution in [0.4, 0.5) is 5.13 Å². The third-order valence-electron chi connectivity index (χ3n) is 4.52. The van der Waals surface area contributed by atoms with Gasteiger partial charge in [-0.25, -0.2) is 4.98 Å². The Balaban J connectivity index is 1.54. The molecular weight excluding hydrogens is 420 g/mol. The lowest BCUT2D eigenvalue weighted by atomic mass is 10.0. The molecule has 0 spiro atoms. The summed E-state index contributed by atoms with van der Waals surface area (Å²) >= 11 is 2.96. The molecule has 1 aliphatic rings. The Kier molecular flexibility index (Phi) is 4.97. The smallest absolute Gasteiger partial charge is 0.258 e. The molecular formula is C21H16N4O3S2. The number of rotatable bonds is 5. The molecule has 0 radical (unpaired) electrons. The predicted molar refractivity (Wildman–Crippen MR) is 118 cm³/mol. The van der Waals surface area contributed by atoms with Gasteiger partial charge >= 0.3 is 0 Å². The molecule has 1 amide bonds. The number of carbonyl (C=O) groups is 1. The fraction of sp³-hybridized carbons (Fsp3) is 0.143. The Morgan fingerprint density at radius 2 is 2.00 bits per heavy atom. The van der Waals surface area contributed by atoms with E-state index >= 15 is 0 Å². The zero-order chi connectivity index (χ0) is 20.5. The summed E-state index contributed by atoms with van der Waals surface area (Å²) in [7, 11) is 0. The average Bonchev–Trinajstić information content (AvgIpc) is 3.42. The molecule has 1 aliphatic heterocycles. The second-order valence-electron chi connectivity index (χ2n) is 6.40. The Morgan fingerprint density at radius 3 is 2.90 bits per heavy atom. The van der Waals surface area contributed by atoms with Crippen molar-refractivity contribution in [3.63, 3.8) is 0 Å². The average molecular weight is 437 g/mol. The molecule has 5 rings (SSSR count). The monoisotopic (exact) mass is 436 g/mol. The maximum absolute atomic E-state index is 13.1. The van der Waals surface area contributed by atoms with Gasteiger partial charge in [0.25, 0.3) is 5.91 Å². The van der Waals surface area contributed by atoms with Crippen molar-refractivity contribution in [3.8, 4) is 22.8 Å². The SMILES string of the molecule is CCSc1nnc(NC(=O)c2cc(-c3ccc4c(c3)OCO4)nc3ccccc23)s1. The fourth-order valence-electron chi connectivity index (χ4n) is 3.17. The molecule has 30 heavy (non-hydrogen) atoms. The molecule has 0 bridgehead atoms. The van der Waals surface area contributed by atoms with Crippen LogP contribution in [0.15, 0.2) is 52.9 Å². The Labute approximate surface area is 180 Å². The fourth-order valence-corrected chi connectivity index (χ4v) is 4.82. The highest BCUT2D eigenvalue weighted by Gasteiger charge is 2.18. The Hall–Kier alpha value is -3.17. The first-order valence-corrected chi connectivity index (χ1v) is 11.1. The number of nitrogens with zero attached hydrogens (tertiary/aromatic N) is 3. The van der Waals surface area contributed by atoms with E-state index in [1.54, 1.807) is 17.8 Å². The zero-order valence-electron chi connectivity index (χ0n) is 15.9. The van der Waals surface area contributed by atoms with Crippen LogP contribution in [0.2, 0.25) is 0 Å². The van der Waals surface area contributed by atoms with Gasteiger partial charge in [-0.1, -0.05) is 48.2 Å². The van der Waals surface area contributed by atoms with Gasteiger partial charge in [-0.3, -0.25) is 10.1 Å². The molecule has 0 atom stereocenters. The van der Waals surface area contributed by atoms with Gasteiger partial charge in [0.1, 0.15) is 0 Å². The van der Waals surface area contributed by atoms with Gasteiger partial charge in [0.05, 0.1) is 16.8 Å². The number of thioether (sulfide) groups is 1. The number of anilines is 1. The number of amides is 1. The van der Waals surface area contributed by atoms with E-state index < -0.39 is 0 Å². The summed E-state index contributed by atoms with van der Waals surface area (Å²) in [5.41, 5.74) is 2.78. The van der Waals surface area contributed by atoms with E-state index in [9.17, 15) is 4.79 Å². The summed E-state index contributed by atoms with van der Waals surface area (Å²) in [5, 5.41) is 12.3. The topological polar surface area (TPSA) is 86.2 Å². The highest BCUT2D eigenvalue weighted by Crippen LogP contribution is 2.36. The van der Waals surface area contributed by atoms with Gasteiger partial charge in [-0.15, -0.1) is 10.2 Å². The summed E-state index contributed by atoms with van der Waals surface area (Å²) in [6.07, 6.45) is 0. The largest absolute Gasteiger partial charge is 0.454 e. The standard InChI is InChI=1S/C21H16N4O3S2/c1-2-29-21-25-24-20(30-21)23-19(26)14-10-16(22-15-6-4-3-5-13(14)15)12-7-8-17-18(9-12)28-11-27-17/h3-10H,2,11H2,1H3,(H,23,24,26). The van der Waals surface area contributed by atoms with Crippen LogP contribution in [-0.4, -0.2) is 33.6 Å². The van der Waals surface area contributed by atoms with Gasteiger partial charge in [-0.05, 0) is 36.1 Å². The van der Waals surface area contributed by atoms with Crippen molar-refractivity contribution < 1.29 is 14.3 Å². The molecule has 0 aliphatic carbocycles. The summed E-state index contributed by atoms with van der Waals surface area (Å²) in [6, 6.07) is 15.0. The van der Waals surface area contributed by atoms with E-state index in [2.05, 4.69) is 15.5 Å². The van der Waals surface area contributed by atoms with Crippen molar-refractivity contribution in [1.29, 1.82) is 0 Å². The maximum Gasteiger partial charge on any atom is 0.258 e. The number of fused-ring (bicyclic) bond motifs is 2. The number of hydrogen-bond donors (Lipinski definition) is 1. The Bertz CT molecular complexity index is 1260. The van der Waals surface area contributed by atoms with Crippen LogP contribution in [0.3, 0.4) is 0 Å². The van der Waals surface area contributed by atoms with Crippen LogP contribution in [0.1, 0.15) is 17.3 Å². The highest BCUT2D eigenvalue weighted by molar-refractivity contribution is 8.01. The minimum atomic E-state index is -0.250. The molecule has 150 valence electrons. The number of ether oxygens (including phenoxy) is 2. The summed E-state index contributed by atoms with van der Waals surface area (Å²) in [6.45, 7) is 2.25. The molecule has 4 aromatic rings. The molecule has 7 nitrogen and oxygen atoms in total. The van der Waals surface area contributed by atoms with E-state index in [4.69, 9.17) is 14.5 Å². The van der Waals surface area contributed by atoms with Gasteiger partial charge in [0.15, 0.2) is 15.8 Å². The number of benzene rings is 2. The number of para-hydroxylation sites is 1. The molecule has 0 unspecified atom stereocenters. The van der Waals surface area contributed by atoms with Crippen molar-refractivity contribution >= 4 is 45.0 Å². The lowest BCUT2D eigenvalue weighted by Crippen LogP contribution is -2.13. The first-order valence-electron chi connectivity index (χ1n) is 9.29. The number of pyridine rings is 1. The first kappa shape index (κ1) is 18.8. The lowest BCUT2D eigenvalue weighted by molar-refractivity contribution is 0.102. The van der Waals surface area contributed by atoms with E-state index in [1.165, 1.54) is 11.3 Å². The van der Waals surface area contributed by atoms with Crippen LogP contribution in [0, 0.1) is 0 Å². The van der Waals surface area contributed by atoms with E-state index in [0.717, 1.165) is 26.6 Å². The van der Waals surface area contributed by atoms with Crippen molar-refractivity contribution in [3.05, 3.63) is 54.1 Å². The molecule has 1 N–H and O–H groups in total. The summed E-state index contributed by atoms with van der Waals surface area (Å²) in [5.74, 6) is 2.02. The lowest BCUT2D eigenvalue weighted by Gasteiger charge is -2.10. The predicted octanol–water partition coefficient (Wildman–Crippen LogP) is 4.85. The minimum absolute atomic E-state index is 0.206. The zero-order valence-corrected chi connectivity index (χ0v) is 17.5. The summed E-state index contributed by atoms with van der Waals surface area (Å²) < 4.78 is 11.7. The van der Waals surface area contributed by atoms with Gasteiger partial charge in [0.2, 0.25) is 11.9 Å². The molecule has 3 heterocycles. The highest BCUT2D eigenvalue weighted by atomic mass is 32.2. The molecule has 0 saturated heterocycles. The van der Waals surface area contributed by atoms with Crippen LogP contribution in [0.5, 0.6) is 11.5 Å². The van der Waals surface area contributed by atoms with Crippen LogP contribution in [0.25, 0.3) is 22.2 Å². The second kappa shape index (κ2) is 7.92. The van der Waals surface area contributed by atoms with Gasteiger partial charge in [-0.2, -0.15) is 0 Å². The van der Waals surface area contributed by atoms with Crippen LogP contribution < -0.4 is 14.8 Å². The molecule has 9 heteroatoms. The van der Waals surface area contributed by atoms with Crippen molar-refractivity contribution in [2.24, 2.45) is 0 Å². The number of aromatic nitrogens is 3. The third-order valence-corrected chi connectivity index (χ3v) is 6.38. The first-order chi connectivity index (χ1) is 14.7. The molecule has 2 aromatic carbocycles. The van der Waals surface area contributed by atoms with E-state index in [-0.39, 0.29) is 12.7 Å². The Morgan fingerprint density at radius 1 is 1.13 bits per heavy atom. The molecule has 0 saturated carbocycles. The van der Waals surface area contributed by atoms with Gasteiger partial charge < -0.3 is 9.47 Å². The number of hydrogen-bond acceptors (Lipinski definition) is 8. The van der Waals surface area contributed by atoms with E-state index in [1.807, 2.05) is 49.4 Å². The summed E-state index contributed by atoms with van der Waals surface area (Å²) in [4.78, 5) is 17.9. The van der Waals surface area contributed by atoms with Crippen molar-refractivity contribution in [1.82, 2.24) is 15.2 Å². The maximum atomic E-state index is 13.1. The number of carbonyl (C=O) groups excluding carboxylic acids is 1. The minimum Gasteiger partial charge on any atom is -0.454 e. The number of nitrogens with one attached hydrogen (secondary N) is 1. The third kappa shape index (κ3) is 3.57. The van der Waals surface area contributed by atoms with E-state index in [0.29, 0.717) is 27.9 Å². The van der Waals surface area contributed by atoms with Crippen molar-refractivity contribution in [2.45, 2.75) is 11.3 Å². The second-order valence-corrected chi connectivity index (χ2v) is 8.89. The molecule has 0 fully saturated rings. The quantitative estimate of drug-likeness (QED) is 0.354. The normalized spacial score (nSPS) is 12.3. The molecule has 2 aromatic heterocycles. The van der Waals surface area contributed by atoms with Crippen molar-refractivity contribution in [2.75, 3.05) is 17.9 Å². The van der Waals surface area contributed by atoms with Gasteiger partial charge in [0, 0.05) is 10.9 Å².